The zero-order chi connectivity index (χ0) is 7.28. The molecule has 0 aliphatic rings. The molecule has 0 aromatic rings. The van der Waals surface area contributed by atoms with Gasteiger partial charge in [0.1, 0.15) is 0 Å². The second-order valence-electron chi connectivity index (χ2n) is 1.80. The van der Waals surface area contributed by atoms with E-state index >= 15 is 0 Å². The van der Waals surface area contributed by atoms with Crippen molar-refractivity contribution >= 4 is 28.6 Å². The Kier molecular flexibility index (Phi) is 4.99. The third kappa shape index (κ3) is 8.10. The third-order valence-corrected chi connectivity index (χ3v) is 1.10. The Morgan fingerprint density at radius 2 is 2.33 bits per heavy atom. The fourth-order valence-corrected chi connectivity index (χ4v) is 0.591. The molecule has 0 saturated heterocycles. The molecule has 0 rings (SSSR count). The van der Waals surface area contributed by atoms with Gasteiger partial charge >= 0.3 is 0 Å². The van der Waals surface area contributed by atoms with Gasteiger partial charge in [-0.05, 0) is 20.0 Å². The first-order chi connectivity index (χ1) is 4.13. The highest BCUT2D eigenvalue weighted by Crippen LogP contribution is 1.91. The van der Waals surface area contributed by atoms with Gasteiger partial charge < -0.3 is 0 Å². The molecular formula is C6H10INO. The number of likely N-dealkylation sites (N-methyl/N-ethyl adjacent to an activating group) is 1. The maximum absolute atomic E-state index is 10.3. The van der Waals surface area contributed by atoms with Crippen molar-refractivity contribution in [2.24, 2.45) is 0 Å². The molecule has 0 aliphatic heterocycles. The highest BCUT2D eigenvalue weighted by atomic mass is 127. The van der Waals surface area contributed by atoms with E-state index in [0.717, 1.165) is 6.54 Å². The number of rotatable bonds is 3. The van der Waals surface area contributed by atoms with E-state index in [9.17, 15) is 4.79 Å². The summed E-state index contributed by atoms with van der Waals surface area (Å²) in [6.07, 6.45) is 3.42. The SMILES string of the molecule is CC(=O)/C=C/CN(C)I. The Bertz CT molecular complexity index is 120. The summed E-state index contributed by atoms with van der Waals surface area (Å²) >= 11 is 2.16. The average Bonchev–Trinajstić information content (AvgIpc) is 1.63. The third-order valence-electron chi connectivity index (χ3n) is 0.710. The zero-order valence-electron chi connectivity index (χ0n) is 5.60. The minimum absolute atomic E-state index is 0.105. The summed E-state index contributed by atoms with van der Waals surface area (Å²) in [7, 11) is 1.95. The zero-order valence-corrected chi connectivity index (χ0v) is 7.75. The number of hydrogen-bond donors (Lipinski definition) is 0. The van der Waals surface area contributed by atoms with Gasteiger partial charge in [0.15, 0.2) is 5.78 Å². The van der Waals surface area contributed by atoms with Crippen LogP contribution in [0.2, 0.25) is 0 Å². The summed E-state index contributed by atoms with van der Waals surface area (Å²) in [5.41, 5.74) is 0. The van der Waals surface area contributed by atoms with E-state index in [0.29, 0.717) is 0 Å². The standard InChI is InChI=1S/C6H10INO/c1-6(9)4-3-5-8(2)7/h3-4H,5H2,1-2H3/b4-3+. The predicted octanol–water partition coefficient (Wildman–Crippen LogP) is 1.41. The molecule has 2 nitrogen and oxygen atoms in total. The number of allylic oxidation sites excluding steroid dienone is 1. The van der Waals surface area contributed by atoms with Gasteiger partial charge in [-0.2, -0.15) is 0 Å². The first kappa shape index (κ1) is 9.10. The molecule has 0 aliphatic carbocycles. The number of nitrogens with zero attached hydrogens (tertiary/aromatic N) is 1. The lowest BCUT2D eigenvalue weighted by Crippen LogP contribution is -2.02. The molecular weight excluding hydrogens is 229 g/mol. The minimum atomic E-state index is 0.105. The predicted molar refractivity (Wildman–Crippen MR) is 46.5 cm³/mol. The maximum atomic E-state index is 10.3. The Labute approximate surface area is 69.4 Å². The lowest BCUT2D eigenvalue weighted by molar-refractivity contribution is -0.112. The van der Waals surface area contributed by atoms with Crippen LogP contribution in [-0.4, -0.2) is 22.5 Å². The molecule has 0 N–H and O–H groups in total. The van der Waals surface area contributed by atoms with Crippen molar-refractivity contribution < 1.29 is 4.79 Å². The normalized spacial score (nSPS) is 11.1. The van der Waals surface area contributed by atoms with Crippen LogP contribution in [0, 0.1) is 0 Å². The fraction of sp³-hybridized carbons (Fsp3) is 0.500. The number of halogens is 1. The van der Waals surface area contributed by atoms with Crippen molar-refractivity contribution in [1.29, 1.82) is 0 Å². The molecule has 0 aromatic carbocycles. The first-order valence-corrected chi connectivity index (χ1v) is 3.63. The van der Waals surface area contributed by atoms with Gasteiger partial charge in [0, 0.05) is 29.4 Å². The van der Waals surface area contributed by atoms with Gasteiger partial charge in [-0.3, -0.25) is 4.79 Å². The monoisotopic (exact) mass is 239 g/mol. The number of ketones is 1. The van der Waals surface area contributed by atoms with Gasteiger partial charge in [0.25, 0.3) is 0 Å². The first-order valence-electron chi connectivity index (χ1n) is 2.67. The number of hydrogen-bond acceptors (Lipinski definition) is 2. The lowest BCUT2D eigenvalue weighted by Gasteiger charge is -1.99. The second-order valence-corrected chi connectivity index (χ2v) is 3.45. The van der Waals surface area contributed by atoms with E-state index in [-0.39, 0.29) is 5.78 Å². The molecule has 0 unspecified atom stereocenters. The van der Waals surface area contributed by atoms with Crippen molar-refractivity contribution in [2.75, 3.05) is 13.6 Å². The summed E-state index contributed by atoms with van der Waals surface area (Å²) in [5, 5.41) is 0. The van der Waals surface area contributed by atoms with E-state index in [1.807, 2.05) is 16.2 Å². The van der Waals surface area contributed by atoms with Gasteiger partial charge in [0.05, 0.1) is 0 Å². The van der Waals surface area contributed by atoms with Gasteiger partial charge in [-0.1, -0.05) is 6.08 Å². The van der Waals surface area contributed by atoms with E-state index in [1.165, 1.54) is 0 Å². The number of carbonyl (C=O) groups excluding carboxylic acids is 1. The molecule has 0 bridgehead atoms. The molecule has 0 heterocycles. The lowest BCUT2D eigenvalue weighted by atomic mass is 10.4. The Morgan fingerprint density at radius 1 is 1.78 bits per heavy atom. The van der Waals surface area contributed by atoms with Crippen LogP contribution in [0.5, 0.6) is 0 Å². The van der Waals surface area contributed by atoms with Crippen molar-refractivity contribution in [3.05, 3.63) is 12.2 Å². The molecule has 3 heteroatoms. The largest absolute Gasteiger partial charge is 0.295 e. The molecule has 0 spiro atoms. The van der Waals surface area contributed by atoms with Gasteiger partial charge in [0.2, 0.25) is 0 Å². The van der Waals surface area contributed by atoms with Gasteiger partial charge in [-0.25, -0.2) is 3.11 Å². The van der Waals surface area contributed by atoms with Crippen LogP contribution in [0.1, 0.15) is 6.92 Å². The van der Waals surface area contributed by atoms with Crippen LogP contribution in [0.25, 0.3) is 0 Å². The van der Waals surface area contributed by atoms with Gasteiger partial charge in [-0.15, -0.1) is 0 Å². The van der Waals surface area contributed by atoms with Crippen molar-refractivity contribution in [3.63, 3.8) is 0 Å². The molecule has 0 fully saturated rings. The van der Waals surface area contributed by atoms with E-state index < -0.39 is 0 Å². The minimum Gasteiger partial charge on any atom is -0.295 e. The Hall–Kier alpha value is 0.1000. The van der Waals surface area contributed by atoms with Crippen LogP contribution >= 0.6 is 22.9 Å². The van der Waals surface area contributed by atoms with E-state index in [2.05, 4.69) is 22.9 Å². The molecule has 0 atom stereocenters. The summed E-state index contributed by atoms with van der Waals surface area (Å²) in [4.78, 5) is 10.3. The molecule has 0 radical (unpaired) electrons. The van der Waals surface area contributed by atoms with E-state index in [1.54, 1.807) is 13.0 Å². The summed E-state index contributed by atoms with van der Waals surface area (Å²) in [6, 6.07) is 0. The Balaban J connectivity index is 3.36. The maximum Gasteiger partial charge on any atom is 0.152 e. The van der Waals surface area contributed by atoms with Crippen molar-refractivity contribution in [1.82, 2.24) is 3.11 Å². The Morgan fingerprint density at radius 3 is 2.67 bits per heavy atom. The molecule has 52 valence electrons. The quantitative estimate of drug-likeness (QED) is 0.421. The highest BCUT2D eigenvalue weighted by Gasteiger charge is 1.84. The smallest absolute Gasteiger partial charge is 0.152 e. The molecule has 0 saturated carbocycles. The second kappa shape index (κ2) is 4.93. The molecule has 0 aromatic heterocycles. The molecule has 0 amide bonds. The summed E-state index contributed by atoms with van der Waals surface area (Å²) < 4.78 is 1.97. The van der Waals surface area contributed by atoms with Crippen LogP contribution < -0.4 is 0 Å². The number of carbonyl (C=O) groups is 1. The fourth-order valence-electron chi connectivity index (χ4n) is 0.364. The average molecular weight is 239 g/mol. The van der Waals surface area contributed by atoms with Crippen LogP contribution in [0.3, 0.4) is 0 Å². The van der Waals surface area contributed by atoms with Crippen molar-refractivity contribution in [3.8, 4) is 0 Å². The molecule has 9 heavy (non-hydrogen) atoms. The van der Waals surface area contributed by atoms with Crippen molar-refractivity contribution in [2.45, 2.75) is 6.92 Å². The highest BCUT2D eigenvalue weighted by molar-refractivity contribution is 14.1. The summed E-state index contributed by atoms with van der Waals surface area (Å²) in [5.74, 6) is 0.105. The topological polar surface area (TPSA) is 20.3 Å². The van der Waals surface area contributed by atoms with Crippen LogP contribution in [0.4, 0.5) is 0 Å². The summed E-state index contributed by atoms with van der Waals surface area (Å²) in [6.45, 7) is 2.36. The van der Waals surface area contributed by atoms with Crippen LogP contribution in [-0.2, 0) is 4.79 Å². The van der Waals surface area contributed by atoms with Crippen LogP contribution in [0.15, 0.2) is 12.2 Å². The van der Waals surface area contributed by atoms with E-state index in [4.69, 9.17) is 0 Å².